The van der Waals surface area contributed by atoms with E-state index in [4.69, 9.17) is 43.1 Å². The molecule has 184 valence electrons. The first-order valence-electron chi connectivity index (χ1n) is 8.80. The van der Waals surface area contributed by atoms with E-state index in [1.165, 1.54) is 6.42 Å². The zero-order valence-electron chi connectivity index (χ0n) is 19.9. The van der Waals surface area contributed by atoms with Gasteiger partial charge in [-0.05, 0) is 101 Å². The van der Waals surface area contributed by atoms with E-state index in [1.54, 1.807) is 18.2 Å². The second-order valence-electron chi connectivity index (χ2n) is 5.44. The van der Waals surface area contributed by atoms with Gasteiger partial charge in [-0.3, -0.25) is 4.79 Å². The number of carbonyl (C=O) groups is 1. The van der Waals surface area contributed by atoms with Crippen molar-refractivity contribution in [3.05, 3.63) is 53.1 Å². The van der Waals surface area contributed by atoms with Crippen molar-refractivity contribution in [3.8, 4) is 11.5 Å². The molecule has 0 aliphatic heterocycles. The molecule has 34 heavy (non-hydrogen) atoms. The van der Waals surface area contributed by atoms with Crippen LogP contribution in [0.1, 0.15) is 19.8 Å². The number of hydrogen-bond donors (Lipinski definition) is 1. The Balaban J connectivity index is -0.000000124. The van der Waals surface area contributed by atoms with Crippen molar-refractivity contribution in [1.82, 2.24) is 0 Å². The Hall–Kier alpha value is 4.22. The van der Waals surface area contributed by atoms with E-state index in [1.807, 2.05) is 41.6 Å². The summed E-state index contributed by atoms with van der Waals surface area (Å²) in [5.74, 6) is 1.23. The van der Waals surface area contributed by atoms with Gasteiger partial charge >= 0.3 is 103 Å². The molecule has 0 aliphatic carbocycles. The summed E-state index contributed by atoms with van der Waals surface area (Å²) < 4.78 is 7.52. The van der Waals surface area contributed by atoms with E-state index >= 15 is 0 Å². The molecule has 14 heteroatoms. The summed E-state index contributed by atoms with van der Waals surface area (Å²) in [6.45, 7) is 2.57. The first-order chi connectivity index (χ1) is 15.2. The number of carbonyl (C=O) groups excluding carboxylic acids is 1. The van der Waals surface area contributed by atoms with Gasteiger partial charge in [0, 0.05) is 26.0 Å². The van der Waals surface area contributed by atoms with Gasteiger partial charge in [-0.25, -0.2) is 0 Å². The van der Waals surface area contributed by atoms with Gasteiger partial charge in [0.05, 0.1) is 13.7 Å². The number of alkyl halides is 3. The molecule has 0 spiro atoms. The molecule has 0 unspecified atom stereocenters. The second-order valence-corrected chi connectivity index (χ2v) is 11.0. The fourth-order valence-corrected chi connectivity index (χ4v) is 5.42. The second kappa shape index (κ2) is 31.7. The number of benzene rings is 2. The molecule has 2 rings (SSSR count). The Morgan fingerprint density at radius 2 is 1.50 bits per heavy atom. The van der Waals surface area contributed by atoms with E-state index in [9.17, 15) is 0 Å². The normalized spacial score (nSPS) is 8.62. The number of phenolic OH excluding ortho intramolecular Hbond substituents is 1. The molecule has 1 N–H and O–H groups in total. The molecular formula is C20H23Br3Cl2I2K2O5. The van der Waals surface area contributed by atoms with Crippen molar-refractivity contribution in [2.45, 2.75) is 19.8 Å². The Morgan fingerprint density at radius 3 is 1.85 bits per heavy atom. The predicted molar refractivity (Wildman–Crippen MR) is 159 cm³/mol. The number of hydrogen-bond acceptors (Lipinski definition) is 5. The number of aromatic hydroxyl groups is 1. The molecule has 2 aromatic rings. The molecule has 0 bridgehead atoms. The zero-order valence-corrected chi connectivity index (χ0v) is 35.8. The molecular weight excluding hydrogens is 963 g/mol. The minimum atomic E-state index is -0.181. The van der Waals surface area contributed by atoms with Gasteiger partial charge in [-0.15, -0.1) is 0 Å². The van der Waals surface area contributed by atoms with Gasteiger partial charge in [-0.1, -0.05) is 71.0 Å². The summed E-state index contributed by atoms with van der Waals surface area (Å²) in [6.07, 6.45) is 2.23. The van der Waals surface area contributed by atoms with Crippen LogP contribution in [0.15, 0.2) is 30.3 Å². The van der Waals surface area contributed by atoms with E-state index in [0.717, 1.165) is 52.5 Å². The van der Waals surface area contributed by atoms with Crippen molar-refractivity contribution in [1.29, 1.82) is 0 Å². The molecule has 0 heterocycles. The molecule has 0 atom stereocenters. The average molecular weight is 986 g/mol. The van der Waals surface area contributed by atoms with E-state index in [2.05, 4.69) is 75.3 Å². The van der Waals surface area contributed by atoms with Crippen molar-refractivity contribution in [2.24, 2.45) is 0 Å². The van der Waals surface area contributed by atoms with Crippen LogP contribution in [0.5, 0.6) is 11.5 Å². The van der Waals surface area contributed by atoms with Gasteiger partial charge in [0.2, 0.25) is 0 Å². The molecule has 5 nitrogen and oxygen atoms in total. The Morgan fingerprint density at radius 1 is 1.00 bits per heavy atom. The Labute approximate surface area is 350 Å². The molecule has 0 saturated carbocycles. The summed E-state index contributed by atoms with van der Waals surface area (Å²) >= 11 is 25.7. The van der Waals surface area contributed by atoms with Crippen LogP contribution in [0, 0.1) is 14.1 Å². The first kappa shape index (κ1) is 45.2. The fourth-order valence-electron chi connectivity index (χ4n) is 1.63. The Bertz CT molecular complexity index is 767. The van der Waals surface area contributed by atoms with Gasteiger partial charge in [0.25, 0.3) is 6.47 Å². The van der Waals surface area contributed by atoms with Crippen LogP contribution in [0.2, 0.25) is 10.0 Å². The van der Waals surface area contributed by atoms with Crippen molar-refractivity contribution >= 4 is 123 Å². The standard InChI is InChI=1S/C10H11BrClIO.C6H4ClIO.C3H6Br2.CH2O3.2K.H/c1-7-5-8(12)6-9(13)10(7)14-4-2-3-11;7-4-1-2-6(9)5(8)3-4;4-2-1-3-5;2-1-4-3;;;/h5-6H,2-4H2,1H3;1-3,9H;1-3H2;1,3H;;;/q;;;;2*+1;-1/p-1. The van der Waals surface area contributed by atoms with E-state index < -0.39 is 0 Å². The van der Waals surface area contributed by atoms with Gasteiger partial charge in [-0.2, -0.15) is 0 Å². The third-order valence-electron chi connectivity index (χ3n) is 2.93. The number of rotatable bonds is 7. The third kappa shape index (κ3) is 26.4. The van der Waals surface area contributed by atoms with Crippen LogP contribution >= 0.6 is 116 Å². The van der Waals surface area contributed by atoms with Crippen molar-refractivity contribution in [2.75, 3.05) is 22.6 Å². The van der Waals surface area contributed by atoms with Crippen LogP contribution in [-0.4, -0.2) is 34.2 Å². The number of phenols is 1. The number of halogens is 7. The van der Waals surface area contributed by atoms with Gasteiger partial charge in [0.15, 0.2) is 0 Å². The van der Waals surface area contributed by atoms with Crippen molar-refractivity contribution in [3.63, 3.8) is 0 Å². The summed E-state index contributed by atoms with van der Waals surface area (Å²) in [5, 5.41) is 22.0. The van der Waals surface area contributed by atoms with Crippen LogP contribution in [0.25, 0.3) is 0 Å². The Kier molecular flexibility index (Phi) is 42.2. The SMILES string of the molecule is BrCCCBr.Cc1cc(Cl)cc(I)c1OCCCBr.O=CO[O-].Oc1ccc(Cl)cc1I.[H-].[K+].[K+]. The first-order valence-corrected chi connectivity index (χ1v) is 15.1. The molecule has 0 amide bonds. The minimum absolute atomic E-state index is 0. The smallest absolute Gasteiger partial charge is 1.00 e. The van der Waals surface area contributed by atoms with Crippen molar-refractivity contribution < 1.29 is 129 Å². The molecule has 0 radical (unpaired) electrons. The predicted octanol–water partition coefficient (Wildman–Crippen LogP) is 1.79. The summed E-state index contributed by atoms with van der Waals surface area (Å²) in [7, 11) is 0. The summed E-state index contributed by atoms with van der Waals surface area (Å²) in [6, 6.07) is 8.77. The van der Waals surface area contributed by atoms with E-state index in [0.29, 0.717) is 5.02 Å². The molecule has 2 aromatic carbocycles. The topological polar surface area (TPSA) is 78.8 Å². The maximum absolute atomic E-state index is 8.98. The molecule has 0 saturated heterocycles. The van der Waals surface area contributed by atoms with Gasteiger partial charge in [0.1, 0.15) is 11.5 Å². The summed E-state index contributed by atoms with van der Waals surface area (Å²) in [4.78, 5) is 11.2. The quantitative estimate of drug-likeness (QED) is 0.0873. The molecule has 0 fully saturated rings. The average Bonchev–Trinajstić information content (AvgIpc) is 2.74. The maximum Gasteiger partial charge on any atom is 1.00 e. The monoisotopic (exact) mass is 982 g/mol. The maximum atomic E-state index is 8.98. The third-order valence-corrected chi connectivity index (χ3v) is 6.74. The van der Waals surface area contributed by atoms with Crippen LogP contribution < -0.4 is 113 Å². The molecule has 0 aliphatic rings. The fraction of sp³-hybridized carbons (Fsp3) is 0.350. The molecule has 0 aromatic heterocycles. The van der Waals surface area contributed by atoms with Crippen LogP contribution in [-0.2, 0) is 9.68 Å². The number of aryl methyl sites for hydroxylation is 1. The minimum Gasteiger partial charge on any atom is -1.00 e. The van der Waals surface area contributed by atoms with Crippen LogP contribution in [0.3, 0.4) is 0 Å². The van der Waals surface area contributed by atoms with Crippen LogP contribution in [0.4, 0.5) is 0 Å². The largest absolute Gasteiger partial charge is 1.00 e. The van der Waals surface area contributed by atoms with E-state index in [-0.39, 0.29) is 116 Å². The van der Waals surface area contributed by atoms with Gasteiger partial charge < -0.3 is 21.4 Å². The summed E-state index contributed by atoms with van der Waals surface area (Å²) in [5.41, 5.74) is 1.09. The number of ether oxygens (including phenoxy) is 1. The zero-order chi connectivity index (χ0) is 24.9.